The van der Waals surface area contributed by atoms with Crippen LogP contribution in [0.4, 0.5) is 10.2 Å². The van der Waals surface area contributed by atoms with Crippen molar-refractivity contribution in [3.05, 3.63) is 71.2 Å². The summed E-state index contributed by atoms with van der Waals surface area (Å²) in [4.78, 5) is 17.0. The summed E-state index contributed by atoms with van der Waals surface area (Å²) in [6.45, 7) is 1.88. The fraction of sp³-hybridized carbons (Fsp3) is 0.150. The number of fused-ring (bicyclic) bond motifs is 2. The van der Waals surface area contributed by atoms with Crippen LogP contribution in [0.2, 0.25) is 0 Å². The van der Waals surface area contributed by atoms with Crippen LogP contribution in [0.1, 0.15) is 29.2 Å². The summed E-state index contributed by atoms with van der Waals surface area (Å²) in [7, 11) is 0. The first-order valence-electron chi connectivity index (χ1n) is 8.61. The third kappa shape index (κ3) is 2.54. The molecule has 5 rings (SSSR count). The van der Waals surface area contributed by atoms with Crippen LogP contribution in [0.15, 0.2) is 48.5 Å². The van der Waals surface area contributed by atoms with E-state index >= 15 is 0 Å². The van der Waals surface area contributed by atoms with Gasteiger partial charge in [-0.2, -0.15) is 9.78 Å². The predicted molar refractivity (Wildman–Crippen MR) is 103 cm³/mol. The van der Waals surface area contributed by atoms with E-state index in [1.807, 2.05) is 31.2 Å². The number of nitrogens with zero attached hydrogens (tertiary/aromatic N) is 3. The predicted octanol–water partition coefficient (Wildman–Crippen LogP) is 4.40. The number of para-hydroxylation sites is 1. The van der Waals surface area contributed by atoms with Crippen molar-refractivity contribution in [2.75, 3.05) is 5.32 Å². The highest BCUT2D eigenvalue weighted by Gasteiger charge is 2.34. The van der Waals surface area contributed by atoms with Crippen molar-refractivity contribution >= 4 is 33.3 Å². The summed E-state index contributed by atoms with van der Waals surface area (Å²) in [6.07, 6.45) is 0.195. The Hall–Kier alpha value is -3.06. The van der Waals surface area contributed by atoms with Crippen LogP contribution in [0.25, 0.3) is 15.3 Å². The van der Waals surface area contributed by atoms with Gasteiger partial charge in [-0.25, -0.2) is 9.37 Å². The Morgan fingerprint density at radius 3 is 2.78 bits per heavy atom. The molecule has 0 aliphatic carbocycles. The topological polar surface area (TPSA) is 59.8 Å². The van der Waals surface area contributed by atoms with Crippen LogP contribution in [-0.4, -0.2) is 20.7 Å². The monoisotopic (exact) mass is 378 g/mol. The van der Waals surface area contributed by atoms with E-state index in [9.17, 15) is 9.18 Å². The third-order valence-electron chi connectivity index (χ3n) is 4.85. The van der Waals surface area contributed by atoms with Crippen LogP contribution in [-0.2, 0) is 4.79 Å². The average Bonchev–Trinajstić information content (AvgIpc) is 3.22. The number of hydrogen-bond donors (Lipinski definition) is 1. The van der Waals surface area contributed by atoms with E-state index in [1.54, 1.807) is 22.9 Å². The standard InChI is InChI=1S/C20H15FN4OS/c1-11-18-13(12-6-2-3-7-14(12)21)10-17(26)23-19(18)25(24-11)20-22-15-8-4-5-9-16(15)27-20/h2-9,13H,10H2,1H3,(H,23,26). The molecule has 7 heteroatoms. The van der Waals surface area contributed by atoms with Gasteiger partial charge in [0.15, 0.2) is 0 Å². The number of thiazole rings is 1. The largest absolute Gasteiger partial charge is 0.310 e. The average molecular weight is 378 g/mol. The molecule has 4 aromatic rings. The highest BCUT2D eigenvalue weighted by Crippen LogP contribution is 2.41. The Kier molecular flexibility index (Phi) is 3.58. The molecule has 134 valence electrons. The second-order valence-corrected chi connectivity index (χ2v) is 7.56. The van der Waals surface area contributed by atoms with Crippen LogP contribution in [0.5, 0.6) is 0 Å². The molecule has 1 amide bonds. The number of anilines is 1. The molecule has 0 fully saturated rings. The Labute approximate surface area is 158 Å². The van der Waals surface area contributed by atoms with Crippen LogP contribution in [0, 0.1) is 12.7 Å². The van der Waals surface area contributed by atoms with Crippen LogP contribution < -0.4 is 5.32 Å². The van der Waals surface area contributed by atoms with E-state index in [0.29, 0.717) is 16.5 Å². The molecule has 0 saturated heterocycles. The second-order valence-electron chi connectivity index (χ2n) is 6.55. The van der Waals surface area contributed by atoms with E-state index in [0.717, 1.165) is 21.5 Å². The zero-order chi connectivity index (χ0) is 18.5. The first-order chi connectivity index (χ1) is 13.1. The maximum absolute atomic E-state index is 14.4. The minimum absolute atomic E-state index is 0.155. The van der Waals surface area contributed by atoms with Crippen molar-refractivity contribution in [3.63, 3.8) is 0 Å². The summed E-state index contributed by atoms with van der Waals surface area (Å²) in [6, 6.07) is 14.4. The number of nitrogens with one attached hydrogen (secondary N) is 1. The first kappa shape index (κ1) is 16.1. The van der Waals surface area contributed by atoms with Crippen LogP contribution >= 0.6 is 11.3 Å². The van der Waals surface area contributed by atoms with Gasteiger partial charge in [-0.15, -0.1) is 0 Å². The molecular formula is C20H15FN4OS. The minimum atomic E-state index is -0.363. The Morgan fingerprint density at radius 1 is 1.19 bits per heavy atom. The van der Waals surface area contributed by atoms with E-state index in [4.69, 9.17) is 0 Å². The lowest BCUT2D eigenvalue weighted by Gasteiger charge is -2.24. The molecule has 5 nitrogen and oxygen atoms in total. The summed E-state index contributed by atoms with van der Waals surface area (Å²) in [5.41, 5.74) is 3.00. The fourth-order valence-electron chi connectivity index (χ4n) is 3.66. The third-order valence-corrected chi connectivity index (χ3v) is 5.86. The molecule has 3 heterocycles. The quantitative estimate of drug-likeness (QED) is 0.562. The maximum atomic E-state index is 14.4. The van der Waals surface area contributed by atoms with Gasteiger partial charge in [0.1, 0.15) is 11.6 Å². The van der Waals surface area contributed by atoms with Crippen molar-refractivity contribution in [1.82, 2.24) is 14.8 Å². The molecule has 1 N–H and O–H groups in total. The van der Waals surface area contributed by atoms with Gasteiger partial charge in [0.2, 0.25) is 11.0 Å². The van der Waals surface area contributed by atoms with Gasteiger partial charge in [0, 0.05) is 17.9 Å². The molecule has 0 saturated carbocycles. The van der Waals surface area contributed by atoms with E-state index < -0.39 is 0 Å². The van der Waals surface area contributed by atoms with E-state index in [-0.39, 0.29) is 24.1 Å². The van der Waals surface area contributed by atoms with Crippen molar-refractivity contribution < 1.29 is 9.18 Å². The van der Waals surface area contributed by atoms with E-state index in [2.05, 4.69) is 15.4 Å². The highest BCUT2D eigenvalue weighted by atomic mass is 32.1. The molecule has 2 aromatic carbocycles. The molecule has 1 atom stereocenters. The zero-order valence-electron chi connectivity index (χ0n) is 14.4. The molecule has 0 spiro atoms. The number of amides is 1. The molecule has 1 aliphatic rings. The normalized spacial score (nSPS) is 16.4. The molecule has 2 aromatic heterocycles. The molecule has 0 bridgehead atoms. The van der Waals surface area contributed by atoms with Gasteiger partial charge < -0.3 is 5.32 Å². The minimum Gasteiger partial charge on any atom is -0.310 e. The second kappa shape index (κ2) is 5.99. The lowest BCUT2D eigenvalue weighted by atomic mass is 9.85. The smallest absolute Gasteiger partial charge is 0.226 e. The molecular weight excluding hydrogens is 363 g/mol. The molecule has 0 radical (unpaired) electrons. The number of hydrogen-bond acceptors (Lipinski definition) is 4. The number of carbonyl (C=O) groups excluding carboxylic acids is 1. The number of aromatic nitrogens is 3. The highest BCUT2D eigenvalue weighted by molar-refractivity contribution is 7.20. The Balaban J connectivity index is 1.70. The molecule has 1 aliphatic heterocycles. The summed E-state index contributed by atoms with van der Waals surface area (Å²) in [5, 5.41) is 8.22. The van der Waals surface area contributed by atoms with Crippen molar-refractivity contribution in [2.45, 2.75) is 19.3 Å². The van der Waals surface area contributed by atoms with Crippen LogP contribution in [0.3, 0.4) is 0 Å². The SMILES string of the molecule is Cc1nn(-c2nc3ccccc3s2)c2c1C(c1ccccc1F)CC(=O)N2. The Morgan fingerprint density at radius 2 is 1.96 bits per heavy atom. The summed E-state index contributed by atoms with van der Waals surface area (Å²) >= 11 is 1.50. The van der Waals surface area contributed by atoms with Gasteiger partial charge in [0.05, 0.1) is 15.9 Å². The maximum Gasteiger partial charge on any atom is 0.226 e. The van der Waals surface area contributed by atoms with Gasteiger partial charge in [-0.05, 0) is 30.7 Å². The van der Waals surface area contributed by atoms with Crippen molar-refractivity contribution in [2.24, 2.45) is 0 Å². The number of aryl methyl sites for hydroxylation is 1. The summed E-state index contributed by atoms with van der Waals surface area (Å²) in [5.74, 6) is -0.248. The fourth-order valence-corrected chi connectivity index (χ4v) is 4.58. The van der Waals surface area contributed by atoms with Gasteiger partial charge in [-0.1, -0.05) is 41.7 Å². The summed E-state index contributed by atoms with van der Waals surface area (Å²) < 4.78 is 17.1. The number of benzene rings is 2. The lowest BCUT2D eigenvalue weighted by molar-refractivity contribution is -0.116. The number of halogens is 1. The van der Waals surface area contributed by atoms with Gasteiger partial charge >= 0.3 is 0 Å². The van der Waals surface area contributed by atoms with Crippen molar-refractivity contribution in [3.8, 4) is 5.13 Å². The van der Waals surface area contributed by atoms with Gasteiger partial charge in [0.25, 0.3) is 0 Å². The Bertz CT molecular complexity index is 1160. The van der Waals surface area contributed by atoms with Crippen molar-refractivity contribution in [1.29, 1.82) is 0 Å². The van der Waals surface area contributed by atoms with E-state index in [1.165, 1.54) is 17.4 Å². The number of carbonyl (C=O) groups is 1. The first-order valence-corrected chi connectivity index (χ1v) is 9.43. The molecule has 27 heavy (non-hydrogen) atoms. The van der Waals surface area contributed by atoms with Gasteiger partial charge in [-0.3, -0.25) is 4.79 Å². The zero-order valence-corrected chi connectivity index (χ0v) is 15.3. The number of rotatable bonds is 2. The molecule has 1 unspecified atom stereocenters. The lowest BCUT2D eigenvalue weighted by Crippen LogP contribution is -2.25.